The smallest absolute Gasteiger partial charge is 0.310 e. The zero-order chi connectivity index (χ0) is 19.1. The third-order valence-corrected chi connectivity index (χ3v) is 4.24. The van der Waals surface area contributed by atoms with Crippen LogP contribution in [-0.2, 0) is 20.7 Å². The largest absolute Gasteiger partial charge is 0.497 e. The second-order valence-electron chi connectivity index (χ2n) is 5.64. The molecule has 1 N–H and O–H groups in total. The SMILES string of the molecule is COc1ccc(CC(=O)OCC(=O)NC(C)c2ccc(Cl)cc2Cl)cc1. The van der Waals surface area contributed by atoms with E-state index >= 15 is 0 Å². The van der Waals surface area contributed by atoms with Crippen LogP contribution in [-0.4, -0.2) is 25.6 Å². The first-order chi connectivity index (χ1) is 12.4. The van der Waals surface area contributed by atoms with Gasteiger partial charge in [0.25, 0.3) is 5.91 Å². The summed E-state index contributed by atoms with van der Waals surface area (Å²) in [5, 5.41) is 3.71. The van der Waals surface area contributed by atoms with E-state index in [9.17, 15) is 9.59 Å². The molecule has 0 fully saturated rings. The van der Waals surface area contributed by atoms with Gasteiger partial charge in [-0.15, -0.1) is 0 Å². The molecular weight excluding hydrogens is 377 g/mol. The van der Waals surface area contributed by atoms with Crippen molar-refractivity contribution in [3.8, 4) is 5.75 Å². The monoisotopic (exact) mass is 395 g/mol. The number of hydrogen-bond donors (Lipinski definition) is 1. The average Bonchev–Trinajstić information content (AvgIpc) is 2.60. The summed E-state index contributed by atoms with van der Waals surface area (Å²) in [5.74, 6) is -0.189. The van der Waals surface area contributed by atoms with E-state index in [4.69, 9.17) is 32.7 Å². The number of carbonyl (C=O) groups excluding carboxylic acids is 2. The molecule has 26 heavy (non-hydrogen) atoms. The van der Waals surface area contributed by atoms with Crippen molar-refractivity contribution in [3.05, 3.63) is 63.6 Å². The molecule has 2 aromatic carbocycles. The van der Waals surface area contributed by atoms with Gasteiger partial charge in [-0.3, -0.25) is 9.59 Å². The predicted octanol–water partition coefficient (Wildman–Crippen LogP) is 3.97. The number of halogens is 2. The molecule has 0 aromatic heterocycles. The van der Waals surface area contributed by atoms with Gasteiger partial charge in [-0.2, -0.15) is 0 Å². The molecule has 0 bridgehead atoms. The van der Waals surface area contributed by atoms with E-state index in [-0.39, 0.29) is 19.1 Å². The Labute approximate surface area is 162 Å². The second-order valence-corrected chi connectivity index (χ2v) is 6.48. The number of amides is 1. The van der Waals surface area contributed by atoms with E-state index < -0.39 is 11.9 Å². The molecule has 7 heteroatoms. The molecule has 1 amide bonds. The molecule has 0 aliphatic carbocycles. The number of rotatable bonds is 7. The van der Waals surface area contributed by atoms with Gasteiger partial charge in [-0.25, -0.2) is 0 Å². The molecule has 0 heterocycles. The Kier molecular flexibility index (Phi) is 7.30. The number of benzene rings is 2. The van der Waals surface area contributed by atoms with Crippen molar-refractivity contribution in [1.82, 2.24) is 5.32 Å². The van der Waals surface area contributed by atoms with E-state index in [0.717, 1.165) is 11.1 Å². The van der Waals surface area contributed by atoms with E-state index in [2.05, 4.69) is 5.32 Å². The second kappa shape index (κ2) is 9.46. The fourth-order valence-electron chi connectivity index (χ4n) is 2.32. The summed E-state index contributed by atoms with van der Waals surface area (Å²) in [6.45, 7) is 1.43. The quantitative estimate of drug-likeness (QED) is 0.720. The molecular formula is C19H19Cl2NO4. The lowest BCUT2D eigenvalue weighted by Crippen LogP contribution is -2.31. The summed E-state index contributed by atoms with van der Waals surface area (Å²) in [7, 11) is 1.57. The van der Waals surface area contributed by atoms with Crippen molar-refractivity contribution in [2.45, 2.75) is 19.4 Å². The molecule has 2 aromatic rings. The minimum Gasteiger partial charge on any atom is -0.497 e. The molecule has 0 aliphatic heterocycles. The Bertz CT molecular complexity index is 778. The van der Waals surface area contributed by atoms with Crippen LogP contribution >= 0.6 is 23.2 Å². The van der Waals surface area contributed by atoms with Crippen LogP contribution in [0.2, 0.25) is 10.0 Å². The third-order valence-electron chi connectivity index (χ3n) is 3.68. The lowest BCUT2D eigenvalue weighted by atomic mass is 10.1. The van der Waals surface area contributed by atoms with E-state index in [1.807, 2.05) is 0 Å². The fourth-order valence-corrected chi connectivity index (χ4v) is 2.89. The molecule has 1 atom stereocenters. The van der Waals surface area contributed by atoms with Gasteiger partial charge in [-0.05, 0) is 42.3 Å². The topological polar surface area (TPSA) is 64.6 Å². The highest BCUT2D eigenvalue weighted by Gasteiger charge is 2.14. The Morgan fingerprint density at radius 1 is 1.12 bits per heavy atom. The lowest BCUT2D eigenvalue weighted by Gasteiger charge is -2.16. The molecule has 138 valence electrons. The Hall–Kier alpha value is -2.24. The fraction of sp³-hybridized carbons (Fsp3) is 0.263. The molecule has 2 rings (SSSR count). The molecule has 0 saturated carbocycles. The number of ether oxygens (including phenoxy) is 2. The Morgan fingerprint density at radius 2 is 1.81 bits per heavy atom. The minimum atomic E-state index is -0.484. The van der Waals surface area contributed by atoms with Crippen LogP contribution < -0.4 is 10.1 Å². The maximum absolute atomic E-state index is 12.0. The van der Waals surface area contributed by atoms with Gasteiger partial charge < -0.3 is 14.8 Å². The van der Waals surface area contributed by atoms with Crippen LogP contribution in [0.5, 0.6) is 5.75 Å². The number of hydrogen-bond acceptors (Lipinski definition) is 4. The van der Waals surface area contributed by atoms with Crippen LogP contribution in [0.3, 0.4) is 0 Å². The first kappa shape index (κ1) is 20.1. The van der Waals surface area contributed by atoms with Crippen molar-refractivity contribution in [1.29, 1.82) is 0 Å². The Balaban J connectivity index is 1.80. The van der Waals surface area contributed by atoms with Crippen LogP contribution in [0, 0.1) is 0 Å². The van der Waals surface area contributed by atoms with Gasteiger partial charge in [0.15, 0.2) is 6.61 Å². The minimum absolute atomic E-state index is 0.0792. The molecule has 0 saturated heterocycles. The number of carbonyl (C=O) groups is 2. The maximum Gasteiger partial charge on any atom is 0.310 e. The molecule has 0 spiro atoms. The molecule has 0 radical (unpaired) electrons. The Morgan fingerprint density at radius 3 is 2.42 bits per heavy atom. The van der Waals surface area contributed by atoms with Crippen molar-refractivity contribution in [3.63, 3.8) is 0 Å². The van der Waals surface area contributed by atoms with Crippen LogP contribution in [0.1, 0.15) is 24.1 Å². The first-order valence-corrected chi connectivity index (χ1v) is 8.67. The highest BCUT2D eigenvalue weighted by molar-refractivity contribution is 6.35. The summed E-state index contributed by atoms with van der Waals surface area (Å²) in [6.07, 6.45) is 0.0792. The first-order valence-electron chi connectivity index (χ1n) is 7.92. The third kappa shape index (κ3) is 5.93. The summed E-state index contributed by atoms with van der Waals surface area (Å²) in [4.78, 5) is 23.8. The predicted molar refractivity (Wildman–Crippen MR) is 101 cm³/mol. The molecule has 5 nitrogen and oxygen atoms in total. The normalized spacial score (nSPS) is 11.5. The van der Waals surface area contributed by atoms with Crippen molar-refractivity contribution < 1.29 is 19.1 Å². The van der Waals surface area contributed by atoms with Gasteiger partial charge >= 0.3 is 5.97 Å². The molecule has 1 unspecified atom stereocenters. The van der Waals surface area contributed by atoms with Crippen LogP contribution in [0.25, 0.3) is 0 Å². The van der Waals surface area contributed by atoms with Gasteiger partial charge in [0.05, 0.1) is 19.6 Å². The number of nitrogens with one attached hydrogen (secondary N) is 1. The number of esters is 1. The summed E-state index contributed by atoms with van der Waals surface area (Å²) in [6, 6.07) is 11.8. The van der Waals surface area contributed by atoms with Crippen molar-refractivity contribution in [2.24, 2.45) is 0 Å². The zero-order valence-corrected chi connectivity index (χ0v) is 15.9. The average molecular weight is 396 g/mol. The standard InChI is InChI=1S/C19H19Cl2NO4/c1-12(16-8-5-14(20)10-17(16)21)22-18(23)11-26-19(24)9-13-3-6-15(25-2)7-4-13/h3-8,10,12H,9,11H2,1-2H3,(H,22,23). The van der Waals surface area contributed by atoms with Gasteiger partial charge in [0.1, 0.15) is 5.75 Å². The highest BCUT2D eigenvalue weighted by atomic mass is 35.5. The van der Waals surface area contributed by atoms with Gasteiger partial charge in [0.2, 0.25) is 0 Å². The van der Waals surface area contributed by atoms with Crippen molar-refractivity contribution >= 4 is 35.1 Å². The molecule has 0 aliphatic rings. The number of methoxy groups -OCH3 is 1. The highest BCUT2D eigenvalue weighted by Crippen LogP contribution is 2.26. The van der Waals surface area contributed by atoms with E-state index in [1.54, 1.807) is 56.5 Å². The van der Waals surface area contributed by atoms with Crippen LogP contribution in [0.15, 0.2) is 42.5 Å². The summed E-state index contributed by atoms with van der Waals surface area (Å²) < 4.78 is 10.1. The van der Waals surface area contributed by atoms with Gasteiger partial charge in [-0.1, -0.05) is 41.4 Å². The zero-order valence-electron chi connectivity index (χ0n) is 14.4. The van der Waals surface area contributed by atoms with Crippen LogP contribution in [0.4, 0.5) is 0 Å². The van der Waals surface area contributed by atoms with Gasteiger partial charge in [0, 0.05) is 10.0 Å². The van der Waals surface area contributed by atoms with E-state index in [0.29, 0.717) is 15.8 Å². The van der Waals surface area contributed by atoms with E-state index in [1.165, 1.54) is 0 Å². The summed E-state index contributed by atoms with van der Waals surface area (Å²) in [5.41, 5.74) is 1.51. The maximum atomic E-state index is 12.0. The summed E-state index contributed by atoms with van der Waals surface area (Å²) >= 11 is 12.0. The van der Waals surface area contributed by atoms with Crippen molar-refractivity contribution in [2.75, 3.05) is 13.7 Å². The lowest BCUT2D eigenvalue weighted by molar-refractivity contribution is -0.148.